The van der Waals surface area contributed by atoms with Crippen LogP contribution in [0.4, 0.5) is 0 Å². The molecule has 1 heteroatoms. The summed E-state index contributed by atoms with van der Waals surface area (Å²) in [5.74, 6) is 0.763. The molecular weight excluding hydrogens is 124 g/mol. The molecule has 1 fully saturated rings. The highest BCUT2D eigenvalue weighted by Crippen LogP contribution is 2.22. The van der Waals surface area contributed by atoms with Gasteiger partial charge in [-0.2, -0.15) is 0 Å². The second kappa shape index (κ2) is 5.32. The predicted octanol–water partition coefficient (Wildman–Crippen LogP) is 1.81. The lowest BCUT2D eigenvalue weighted by atomic mass is 9.89. The monoisotopic (exact) mass is 140 g/mol. The fourth-order valence-electron chi connectivity index (χ4n) is 1.40. The third-order valence-corrected chi connectivity index (χ3v) is 1.91. The van der Waals surface area contributed by atoms with Crippen molar-refractivity contribution in [3.05, 3.63) is 0 Å². The molecule has 0 aromatic rings. The van der Waals surface area contributed by atoms with E-state index < -0.39 is 0 Å². The SMILES string of the molecule is C#C.CC1CCCC(O)C1. The van der Waals surface area contributed by atoms with Gasteiger partial charge in [-0.05, 0) is 18.8 Å². The zero-order valence-electron chi connectivity index (χ0n) is 6.59. The first-order valence-electron chi connectivity index (χ1n) is 3.80. The second-order valence-corrected chi connectivity index (χ2v) is 2.93. The zero-order valence-corrected chi connectivity index (χ0v) is 6.59. The van der Waals surface area contributed by atoms with Crippen LogP contribution in [0, 0.1) is 18.8 Å². The Bertz CT molecular complexity index is 88.1. The first-order chi connectivity index (χ1) is 4.79. The second-order valence-electron chi connectivity index (χ2n) is 2.93. The number of rotatable bonds is 0. The average molecular weight is 140 g/mol. The standard InChI is InChI=1S/C7H14O.C2H2/c1-6-3-2-4-7(8)5-6;1-2/h6-8H,2-5H2,1H3;1-2H. The van der Waals surface area contributed by atoms with Crippen LogP contribution in [0.15, 0.2) is 0 Å². The van der Waals surface area contributed by atoms with Crippen LogP contribution >= 0.6 is 0 Å². The lowest BCUT2D eigenvalue weighted by Crippen LogP contribution is -2.16. The molecule has 2 unspecified atom stereocenters. The topological polar surface area (TPSA) is 20.2 Å². The molecule has 1 rings (SSSR count). The van der Waals surface area contributed by atoms with E-state index in [1.165, 1.54) is 12.8 Å². The van der Waals surface area contributed by atoms with Crippen LogP contribution in [0.5, 0.6) is 0 Å². The van der Waals surface area contributed by atoms with E-state index in [1.807, 2.05) is 0 Å². The minimum absolute atomic E-state index is 0.0127. The van der Waals surface area contributed by atoms with Crippen LogP contribution in [0.2, 0.25) is 0 Å². The average Bonchev–Trinajstić information content (AvgIpc) is 1.91. The highest BCUT2D eigenvalue weighted by Gasteiger charge is 2.15. The van der Waals surface area contributed by atoms with Gasteiger partial charge in [0.1, 0.15) is 0 Å². The van der Waals surface area contributed by atoms with E-state index >= 15 is 0 Å². The molecule has 1 saturated carbocycles. The molecule has 1 N–H and O–H groups in total. The van der Waals surface area contributed by atoms with Crippen LogP contribution in [-0.2, 0) is 0 Å². The maximum atomic E-state index is 9.08. The van der Waals surface area contributed by atoms with Gasteiger partial charge in [-0.25, -0.2) is 0 Å². The van der Waals surface area contributed by atoms with Gasteiger partial charge in [0, 0.05) is 0 Å². The van der Waals surface area contributed by atoms with Gasteiger partial charge in [-0.1, -0.05) is 19.8 Å². The summed E-state index contributed by atoms with van der Waals surface area (Å²) in [6, 6.07) is 0. The maximum Gasteiger partial charge on any atom is 0.0542 e. The van der Waals surface area contributed by atoms with Gasteiger partial charge >= 0.3 is 0 Å². The number of terminal acetylenes is 1. The van der Waals surface area contributed by atoms with Crippen molar-refractivity contribution in [2.24, 2.45) is 5.92 Å². The molecule has 0 spiro atoms. The number of hydrogen-bond donors (Lipinski definition) is 1. The Morgan fingerprint density at radius 2 is 1.90 bits per heavy atom. The highest BCUT2D eigenvalue weighted by atomic mass is 16.3. The Balaban J connectivity index is 0.000000371. The smallest absolute Gasteiger partial charge is 0.0542 e. The summed E-state index contributed by atoms with van der Waals surface area (Å²) in [6.45, 7) is 2.21. The van der Waals surface area contributed by atoms with Crippen molar-refractivity contribution >= 4 is 0 Å². The molecule has 1 nitrogen and oxygen atoms in total. The summed E-state index contributed by atoms with van der Waals surface area (Å²) in [5, 5.41) is 9.08. The van der Waals surface area contributed by atoms with E-state index in [9.17, 15) is 0 Å². The summed E-state index contributed by atoms with van der Waals surface area (Å²) in [4.78, 5) is 0. The minimum Gasteiger partial charge on any atom is -0.393 e. The molecule has 1 aliphatic carbocycles. The van der Waals surface area contributed by atoms with Crippen LogP contribution < -0.4 is 0 Å². The van der Waals surface area contributed by atoms with Crippen molar-refractivity contribution in [3.63, 3.8) is 0 Å². The van der Waals surface area contributed by atoms with Gasteiger partial charge in [0.05, 0.1) is 6.10 Å². The minimum atomic E-state index is 0.0127. The van der Waals surface area contributed by atoms with E-state index in [1.54, 1.807) is 0 Å². The molecule has 0 amide bonds. The predicted molar refractivity (Wildman–Crippen MR) is 43.5 cm³/mol. The fourth-order valence-corrected chi connectivity index (χ4v) is 1.40. The number of aliphatic hydroxyl groups excluding tert-OH is 1. The fraction of sp³-hybridized carbons (Fsp3) is 0.778. The van der Waals surface area contributed by atoms with E-state index in [4.69, 9.17) is 5.11 Å². The Hall–Kier alpha value is -0.480. The molecule has 0 aromatic heterocycles. The number of hydrogen-bond acceptors (Lipinski definition) is 1. The van der Waals surface area contributed by atoms with Crippen LogP contribution in [0.25, 0.3) is 0 Å². The van der Waals surface area contributed by atoms with Gasteiger partial charge in [0.15, 0.2) is 0 Å². The summed E-state index contributed by atoms with van der Waals surface area (Å²) in [7, 11) is 0. The number of aliphatic hydroxyl groups is 1. The van der Waals surface area contributed by atoms with Gasteiger partial charge < -0.3 is 5.11 Å². The normalized spacial score (nSPS) is 32.0. The van der Waals surface area contributed by atoms with Crippen molar-refractivity contribution in [2.75, 3.05) is 0 Å². The van der Waals surface area contributed by atoms with E-state index in [-0.39, 0.29) is 6.10 Å². The molecule has 10 heavy (non-hydrogen) atoms. The molecule has 0 radical (unpaired) electrons. The van der Waals surface area contributed by atoms with Gasteiger partial charge in [-0.3, -0.25) is 0 Å². The Morgan fingerprint density at radius 1 is 1.30 bits per heavy atom. The summed E-state index contributed by atoms with van der Waals surface area (Å²) >= 11 is 0. The summed E-state index contributed by atoms with van der Waals surface area (Å²) < 4.78 is 0. The molecule has 58 valence electrons. The van der Waals surface area contributed by atoms with Crippen molar-refractivity contribution in [3.8, 4) is 12.8 Å². The summed E-state index contributed by atoms with van der Waals surface area (Å²) in [5.41, 5.74) is 0. The van der Waals surface area contributed by atoms with Crippen molar-refractivity contribution in [2.45, 2.75) is 38.7 Å². The highest BCUT2D eigenvalue weighted by molar-refractivity contribution is 4.67. The maximum absolute atomic E-state index is 9.08. The van der Waals surface area contributed by atoms with Crippen LogP contribution in [-0.4, -0.2) is 11.2 Å². The third-order valence-electron chi connectivity index (χ3n) is 1.91. The summed E-state index contributed by atoms with van der Waals surface area (Å²) in [6.07, 6.45) is 12.6. The molecule has 0 saturated heterocycles. The zero-order chi connectivity index (χ0) is 7.98. The molecule has 2 atom stereocenters. The van der Waals surface area contributed by atoms with Gasteiger partial charge in [-0.15, -0.1) is 12.8 Å². The lowest BCUT2D eigenvalue weighted by Gasteiger charge is -2.21. The van der Waals surface area contributed by atoms with Gasteiger partial charge in [0.2, 0.25) is 0 Å². The van der Waals surface area contributed by atoms with E-state index in [0.29, 0.717) is 0 Å². The van der Waals surface area contributed by atoms with E-state index in [0.717, 1.165) is 18.8 Å². The van der Waals surface area contributed by atoms with Crippen molar-refractivity contribution in [1.29, 1.82) is 0 Å². The Morgan fingerprint density at radius 3 is 2.20 bits per heavy atom. The Labute approximate surface area is 63.5 Å². The molecule has 0 bridgehead atoms. The first kappa shape index (κ1) is 9.52. The van der Waals surface area contributed by atoms with Crippen LogP contribution in [0.3, 0.4) is 0 Å². The lowest BCUT2D eigenvalue weighted by molar-refractivity contribution is 0.106. The largest absolute Gasteiger partial charge is 0.393 e. The quantitative estimate of drug-likeness (QED) is 0.509. The molecule has 0 aliphatic heterocycles. The third kappa shape index (κ3) is 3.53. The molecular formula is C9H16O. The molecule has 1 aliphatic rings. The Kier molecular flexibility index (Phi) is 5.06. The first-order valence-corrected chi connectivity index (χ1v) is 3.80. The molecule has 0 aromatic carbocycles. The van der Waals surface area contributed by atoms with Crippen LogP contribution in [0.1, 0.15) is 32.6 Å². The van der Waals surface area contributed by atoms with Crippen molar-refractivity contribution < 1.29 is 5.11 Å². The van der Waals surface area contributed by atoms with Gasteiger partial charge in [0.25, 0.3) is 0 Å². The molecule has 0 heterocycles. The van der Waals surface area contributed by atoms with Crippen molar-refractivity contribution in [1.82, 2.24) is 0 Å². The van der Waals surface area contributed by atoms with E-state index in [2.05, 4.69) is 19.8 Å².